The molecule has 5 rings (SSSR count). The van der Waals surface area contributed by atoms with Gasteiger partial charge in [-0.1, -0.05) is 42.1 Å². The largest absolute Gasteiger partial charge is 0.494 e. The number of hydrogen-bond donors (Lipinski definition) is 0. The molecule has 3 aromatic rings. The van der Waals surface area contributed by atoms with Gasteiger partial charge in [-0.3, -0.25) is 0 Å². The fourth-order valence-corrected chi connectivity index (χ4v) is 5.85. The van der Waals surface area contributed by atoms with Crippen molar-refractivity contribution in [1.82, 2.24) is 14.8 Å². The van der Waals surface area contributed by atoms with Crippen LogP contribution in [-0.2, 0) is 6.54 Å². The Morgan fingerprint density at radius 2 is 1.89 bits per heavy atom. The Morgan fingerprint density at radius 1 is 1.06 bits per heavy atom. The Labute approximate surface area is 212 Å². The average Bonchev–Trinajstić information content (AvgIpc) is 2.88. The van der Waals surface area contributed by atoms with Crippen molar-refractivity contribution in [3.63, 3.8) is 0 Å². The van der Waals surface area contributed by atoms with Crippen LogP contribution < -0.4 is 4.74 Å². The number of fused-ring (bicyclic) bond motifs is 1. The summed E-state index contributed by atoms with van der Waals surface area (Å²) in [4.78, 5) is 10.7. The van der Waals surface area contributed by atoms with E-state index < -0.39 is 6.17 Å². The molecule has 0 amide bonds. The van der Waals surface area contributed by atoms with Crippen molar-refractivity contribution in [2.75, 3.05) is 39.8 Å². The van der Waals surface area contributed by atoms with E-state index in [0.717, 1.165) is 49.9 Å². The maximum atomic E-state index is 13.3. The van der Waals surface area contributed by atoms with E-state index >= 15 is 0 Å². The van der Waals surface area contributed by atoms with Crippen LogP contribution in [0, 0.1) is 0 Å². The molecule has 3 heterocycles. The quantitative estimate of drug-likeness (QED) is 0.360. The van der Waals surface area contributed by atoms with Crippen molar-refractivity contribution in [1.29, 1.82) is 0 Å². The first kappa shape index (κ1) is 24.3. The van der Waals surface area contributed by atoms with Gasteiger partial charge < -0.3 is 14.5 Å². The molecule has 1 unspecified atom stereocenters. The minimum absolute atomic E-state index is 0.305. The maximum absolute atomic E-state index is 13.3. The molecule has 1 saturated heterocycles. The molecule has 184 valence electrons. The number of rotatable bonds is 8. The Kier molecular flexibility index (Phi) is 8.02. The lowest BCUT2D eigenvalue weighted by Gasteiger charge is -2.32. The van der Waals surface area contributed by atoms with Gasteiger partial charge in [0.05, 0.1) is 6.61 Å². The monoisotopic (exact) mass is 491 g/mol. The normalized spacial score (nSPS) is 19.4. The third-order valence-corrected chi connectivity index (χ3v) is 7.91. The van der Waals surface area contributed by atoms with Crippen LogP contribution in [0.5, 0.6) is 5.75 Å². The molecule has 0 bridgehead atoms. The zero-order valence-electron chi connectivity index (χ0n) is 20.4. The summed E-state index contributed by atoms with van der Waals surface area (Å²) < 4.78 is 19.4. The molecule has 35 heavy (non-hydrogen) atoms. The third kappa shape index (κ3) is 6.43. The summed E-state index contributed by atoms with van der Waals surface area (Å²) in [5.41, 5.74) is 3.95. The van der Waals surface area contributed by atoms with Gasteiger partial charge in [-0.05, 0) is 73.3 Å². The number of aromatic nitrogens is 1. The number of hydrogen-bond acceptors (Lipinski definition) is 5. The molecule has 0 radical (unpaired) electrons. The molecule has 2 aliphatic heterocycles. The van der Waals surface area contributed by atoms with E-state index in [9.17, 15) is 4.39 Å². The van der Waals surface area contributed by atoms with E-state index in [0.29, 0.717) is 25.4 Å². The number of piperidine rings is 1. The number of ether oxygens (including phenoxy) is 1. The summed E-state index contributed by atoms with van der Waals surface area (Å²) in [5.74, 6) is 1.24. The highest BCUT2D eigenvalue weighted by atomic mass is 32.2. The first-order valence-electron chi connectivity index (χ1n) is 12.6. The van der Waals surface area contributed by atoms with Gasteiger partial charge >= 0.3 is 0 Å². The zero-order chi connectivity index (χ0) is 24.0. The summed E-state index contributed by atoms with van der Waals surface area (Å²) in [7, 11) is 2.18. The van der Waals surface area contributed by atoms with Gasteiger partial charge in [0.15, 0.2) is 0 Å². The minimum atomic E-state index is -0.609. The number of benzene rings is 2. The Hall–Kier alpha value is -2.41. The molecular weight excluding hydrogens is 457 g/mol. The molecule has 1 atom stereocenters. The molecule has 1 aromatic heterocycles. The summed E-state index contributed by atoms with van der Waals surface area (Å²) in [5, 5.41) is 1.02. The molecule has 4 nitrogen and oxygen atoms in total. The highest BCUT2D eigenvalue weighted by Crippen LogP contribution is 2.35. The SMILES string of the molecule is CN1Cc2cc(OCCCN3CCC(F)CC3)ccc2C(c2ccc(Sc3ccccc3)nc2)C1. The number of pyridine rings is 1. The van der Waals surface area contributed by atoms with Gasteiger partial charge in [0, 0.05) is 49.7 Å². The molecule has 1 fully saturated rings. The van der Waals surface area contributed by atoms with Crippen molar-refractivity contribution in [2.45, 2.75) is 47.8 Å². The second kappa shape index (κ2) is 11.5. The second-order valence-electron chi connectivity index (χ2n) is 9.67. The first-order valence-corrected chi connectivity index (χ1v) is 13.4. The molecule has 6 heteroatoms. The number of likely N-dealkylation sites (N-methyl/N-ethyl adjacent to an activating group) is 1. The maximum Gasteiger partial charge on any atom is 0.119 e. The smallest absolute Gasteiger partial charge is 0.119 e. The van der Waals surface area contributed by atoms with E-state index in [4.69, 9.17) is 9.72 Å². The predicted molar refractivity (Wildman–Crippen MR) is 140 cm³/mol. The molecule has 2 aliphatic rings. The van der Waals surface area contributed by atoms with Crippen molar-refractivity contribution in [3.05, 3.63) is 83.6 Å². The summed E-state index contributed by atoms with van der Waals surface area (Å²) in [6.45, 7) is 5.32. The Balaban J connectivity index is 1.20. The number of nitrogens with zero attached hydrogens (tertiary/aromatic N) is 3. The fourth-order valence-electron chi connectivity index (χ4n) is 5.07. The molecule has 0 spiro atoms. The van der Waals surface area contributed by atoms with Gasteiger partial charge in [-0.25, -0.2) is 9.37 Å². The van der Waals surface area contributed by atoms with E-state index in [1.807, 2.05) is 12.3 Å². The minimum Gasteiger partial charge on any atom is -0.494 e. The predicted octanol–water partition coefficient (Wildman–Crippen LogP) is 6.01. The summed E-state index contributed by atoms with van der Waals surface area (Å²) in [6.07, 6.45) is 3.74. The van der Waals surface area contributed by atoms with Gasteiger partial charge in [-0.15, -0.1) is 0 Å². The van der Waals surface area contributed by atoms with Gasteiger partial charge in [0.25, 0.3) is 0 Å². The molecule has 0 aliphatic carbocycles. The molecular formula is C29H34FN3OS. The first-order chi connectivity index (χ1) is 17.1. The lowest BCUT2D eigenvalue weighted by Crippen LogP contribution is -2.35. The number of halogens is 1. The van der Waals surface area contributed by atoms with Crippen LogP contribution in [0.2, 0.25) is 0 Å². The molecule has 2 aromatic carbocycles. The van der Waals surface area contributed by atoms with Gasteiger partial charge in [-0.2, -0.15) is 0 Å². The van der Waals surface area contributed by atoms with Crippen LogP contribution in [0.15, 0.2) is 76.8 Å². The van der Waals surface area contributed by atoms with Crippen molar-refractivity contribution >= 4 is 11.8 Å². The molecule has 0 N–H and O–H groups in total. The van der Waals surface area contributed by atoms with Gasteiger partial charge in [0.2, 0.25) is 0 Å². The highest BCUT2D eigenvalue weighted by molar-refractivity contribution is 7.99. The van der Waals surface area contributed by atoms with E-state index in [1.165, 1.54) is 21.6 Å². The average molecular weight is 492 g/mol. The highest BCUT2D eigenvalue weighted by Gasteiger charge is 2.25. The lowest BCUT2D eigenvalue weighted by atomic mass is 9.85. The summed E-state index contributed by atoms with van der Waals surface area (Å²) in [6, 6.07) is 21.3. The lowest BCUT2D eigenvalue weighted by molar-refractivity contribution is 0.143. The van der Waals surface area contributed by atoms with E-state index in [2.05, 4.69) is 71.4 Å². The Morgan fingerprint density at radius 3 is 2.66 bits per heavy atom. The second-order valence-corrected chi connectivity index (χ2v) is 10.8. The van der Waals surface area contributed by atoms with Crippen LogP contribution >= 0.6 is 11.8 Å². The van der Waals surface area contributed by atoms with Crippen LogP contribution in [0.3, 0.4) is 0 Å². The van der Waals surface area contributed by atoms with Crippen molar-refractivity contribution in [3.8, 4) is 5.75 Å². The fraction of sp³-hybridized carbons (Fsp3) is 0.414. The Bertz CT molecular complexity index is 1090. The number of alkyl halides is 1. The molecule has 0 saturated carbocycles. The summed E-state index contributed by atoms with van der Waals surface area (Å²) >= 11 is 1.69. The zero-order valence-corrected chi connectivity index (χ0v) is 21.2. The topological polar surface area (TPSA) is 28.6 Å². The van der Waals surface area contributed by atoms with Crippen LogP contribution in [0.4, 0.5) is 4.39 Å². The number of likely N-dealkylation sites (tertiary alicyclic amines) is 1. The van der Waals surface area contributed by atoms with Crippen LogP contribution in [-0.4, -0.2) is 60.8 Å². The third-order valence-electron chi connectivity index (χ3n) is 6.96. The van der Waals surface area contributed by atoms with Gasteiger partial charge in [0.1, 0.15) is 16.9 Å². The van der Waals surface area contributed by atoms with E-state index in [1.54, 1.807) is 11.8 Å². The standard InChI is InChI=1S/C29H34FN3OS/c1-32-20-23-18-25(34-17-5-14-33-15-12-24(30)13-16-33)9-10-27(23)28(21-32)22-8-11-29(31-19-22)35-26-6-3-2-4-7-26/h2-4,6-11,18-19,24,28H,5,12-17,20-21H2,1H3. The van der Waals surface area contributed by atoms with Crippen molar-refractivity contribution < 1.29 is 9.13 Å². The van der Waals surface area contributed by atoms with Crippen LogP contribution in [0.1, 0.15) is 41.9 Å². The van der Waals surface area contributed by atoms with Crippen molar-refractivity contribution in [2.24, 2.45) is 0 Å². The van der Waals surface area contributed by atoms with Crippen LogP contribution in [0.25, 0.3) is 0 Å². The van der Waals surface area contributed by atoms with E-state index in [-0.39, 0.29) is 0 Å².